The summed E-state index contributed by atoms with van der Waals surface area (Å²) in [5, 5.41) is 5.48. The monoisotopic (exact) mass is 369 g/mol. The Morgan fingerprint density at radius 3 is 2.54 bits per heavy atom. The largest absolute Gasteiger partial charge is 0.495 e. The number of ether oxygens (including phenoxy) is 2. The van der Waals surface area contributed by atoms with Gasteiger partial charge in [0.25, 0.3) is 5.91 Å². The summed E-state index contributed by atoms with van der Waals surface area (Å²) in [7, 11) is 1.55. The van der Waals surface area contributed by atoms with Gasteiger partial charge in [0.2, 0.25) is 0 Å². The van der Waals surface area contributed by atoms with Crippen LogP contribution in [-0.4, -0.2) is 19.1 Å². The number of methoxy groups -OCH3 is 1. The van der Waals surface area contributed by atoms with Crippen molar-refractivity contribution in [1.29, 1.82) is 0 Å². The summed E-state index contributed by atoms with van der Waals surface area (Å²) >= 11 is 6.10. The number of halogens is 1. The zero-order valence-electron chi connectivity index (χ0n) is 14.7. The molecule has 0 aliphatic carbocycles. The molecule has 0 aliphatic heterocycles. The van der Waals surface area contributed by atoms with Gasteiger partial charge in [0.15, 0.2) is 6.10 Å². The average Bonchev–Trinajstić information content (AvgIpc) is 2.66. The molecule has 4 nitrogen and oxygen atoms in total. The Morgan fingerprint density at radius 2 is 1.85 bits per heavy atom. The molecule has 0 fully saturated rings. The molecule has 1 N–H and O–H groups in total. The Hall–Kier alpha value is -2.72. The van der Waals surface area contributed by atoms with Crippen molar-refractivity contribution in [2.24, 2.45) is 0 Å². The lowest BCUT2D eigenvalue weighted by atomic mass is 10.1. The molecule has 0 spiro atoms. The topological polar surface area (TPSA) is 47.6 Å². The number of carbonyl (C=O) groups excluding carboxylic acids is 1. The lowest BCUT2D eigenvalue weighted by molar-refractivity contribution is -0.122. The van der Waals surface area contributed by atoms with Crippen molar-refractivity contribution < 1.29 is 14.3 Å². The fourth-order valence-corrected chi connectivity index (χ4v) is 2.95. The van der Waals surface area contributed by atoms with Crippen LogP contribution >= 0.6 is 11.6 Å². The molecule has 5 heteroatoms. The van der Waals surface area contributed by atoms with E-state index in [0.29, 0.717) is 28.6 Å². The summed E-state index contributed by atoms with van der Waals surface area (Å²) in [6.07, 6.45) is -0.0558. The van der Waals surface area contributed by atoms with Gasteiger partial charge in [0.05, 0.1) is 12.1 Å². The van der Waals surface area contributed by atoms with Crippen LogP contribution in [-0.2, 0) is 4.79 Å². The third-order valence-corrected chi connectivity index (χ3v) is 4.38. The second-order valence-corrected chi connectivity index (χ2v) is 6.27. The van der Waals surface area contributed by atoms with Crippen molar-refractivity contribution in [3.05, 3.63) is 65.7 Å². The van der Waals surface area contributed by atoms with E-state index in [-0.39, 0.29) is 5.91 Å². The first-order chi connectivity index (χ1) is 12.6. The Morgan fingerprint density at radius 1 is 1.08 bits per heavy atom. The summed E-state index contributed by atoms with van der Waals surface area (Å²) < 4.78 is 11.0. The second-order valence-electron chi connectivity index (χ2n) is 5.86. The van der Waals surface area contributed by atoms with Gasteiger partial charge in [-0.25, -0.2) is 0 Å². The Balaban J connectivity index is 1.72. The molecule has 0 unspecified atom stereocenters. The quantitative estimate of drug-likeness (QED) is 0.641. The van der Waals surface area contributed by atoms with Gasteiger partial charge in [-0.3, -0.25) is 4.79 Å². The highest BCUT2D eigenvalue weighted by Crippen LogP contribution is 2.27. The second kappa shape index (κ2) is 8.11. The van der Waals surface area contributed by atoms with E-state index in [1.165, 1.54) is 0 Å². The van der Waals surface area contributed by atoms with Gasteiger partial charge in [-0.05, 0) is 47.5 Å². The fourth-order valence-electron chi connectivity index (χ4n) is 2.69. The molecule has 1 amide bonds. The highest BCUT2D eigenvalue weighted by molar-refractivity contribution is 6.32. The zero-order valence-corrected chi connectivity index (χ0v) is 15.4. The number of nitrogens with one attached hydrogen (secondary N) is 1. The molecule has 0 bridgehead atoms. The summed E-state index contributed by atoms with van der Waals surface area (Å²) in [4.78, 5) is 12.6. The van der Waals surface area contributed by atoms with Crippen molar-refractivity contribution >= 4 is 34.0 Å². The maximum atomic E-state index is 12.6. The van der Waals surface area contributed by atoms with Gasteiger partial charge in [-0.1, -0.05) is 48.9 Å². The first-order valence-corrected chi connectivity index (χ1v) is 8.78. The van der Waals surface area contributed by atoms with Gasteiger partial charge in [0.1, 0.15) is 11.5 Å². The first kappa shape index (κ1) is 18.1. The molecular formula is C21H20ClNO3. The van der Waals surface area contributed by atoms with Crippen molar-refractivity contribution in [1.82, 2.24) is 0 Å². The van der Waals surface area contributed by atoms with Crippen LogP contribution in [0.3, 0.4) is 0 Å². The molecule has 26 heavy (non-hydrogen) atoms. The van der Waals surface area contributed by atoms with Crippen molar-refractivity contribution in [2.45, 2.75) is 19.4 Å². The summed E-state index contributed by atoms with van der Waals surface area (Å²) in [5.74, 6) is 1.00. The predicted molar refractivity (Wildman–Crippen MR) is 105 cm³/mol. The molecule has 3 aromatic rings. The number of rotatable bonds is 6. The molecule has 0 saturated carbocycles. The van der Waals surface area contributed by atoms with Gasteiger partial charge in [-0.2, -0.15) is 0 Å². The van der Waals surface area contributed by atoms with E-state index in [0.717, 1.165) is 10.8 Å². The standard InChI is InChI=1S/C21H20ClNO3/c1-3-19(21(24)23-16-9-11-20(25-2)18(22)13-16)26-17-10-8-14-6-4-5-7-15(14)12-17/h4-13,19H,3H2,1-2H3,(H,23,24)/t19-/m1/s1. The minimum atomic E-state index is -0.600. The van der Waals surface area contributed by atoms with Gasteiger partial charge in [-0.15, -0.1) is 0 Å². The Labute approximate surface area is 157 Å². The molecule has 0 aromatic heterocycles. The Bertz CT molecular complexity index is 926. The van der Waals surface area contributed by atoms with E-state index < -0.39 is 6.10 Å². The molecule has 3 rings (SSSR count). The summed E-state index contributed by atoms with van der Waals surface area (Å²) in [5.41, 5.74) is 0.598. The Kier molecular flexibility index (Phi) is 5.64. The predicted octanol–water partition coefficient (Wildman–Crippen LogP) is 5.30. The molecule has 1 atom stereocenters. The molecular weight excluding hydrogens is 350 g/mol. The fraction of sp³-hybridized carbons (Fsp3) is 0.190. The van der Waals surface area contributed by atoms with Crippen LogP contribution in [0.15, 0.2) is 60.7 Å². The van der Waals surface area contributed by atoms with Gasteiger partial charge < -0.3 is 14.8 Å². The van der Waals surface area contributed by atoms with Crippen molar-refractivity contribution in [3.63, 3.8) is 0 Å². The van der Waals surface area contributed by atoms with Gasteiger partial charge in [0, 0.05) is 5.69 Å². The molecule has 0 radical (unpaired) electrons. The van der Waals surface area contributed by atoms with E-state index in [2.05, 4.69) is 5.32 Å². The molecule has 134 valence electrons. The summed E-state index contributed by atoms with van der Waals surface area (Å²) in [6.45, 7) is 1.91. The number of carbonyl (C=O) groups is 1. The smallest absolute Gasteiger partial charge is 0.265 e. The van der Waals surface area contributed by atoms with E-state index in [4.69, 9.17) is 21.1 Å². The lowest BCUT2D eigenvalue weighted by Gasteiger charge is -2.18. The third kappa shape index (κ3) is 4.09. The highest BCUT2D eigenvalue weighted by Gasteiger charge is 2.19. The number of hydrogen-bond acceptors (Lipinski definition) is 3. The zero-order chi connectivity index (χ0) is 18.5. The third-order valence-electron chi connectivity index (χ3n) is 4.08. The van der Waals surface area contributed by atoms with E-state index in [1.807, 2.05) is 49.4 Å². The first-order valence-electron chi connectivity index (χ1n) is 8.40. The average molecular weight is 370 g/mol. The minimum Gasteiger partial charge on any atom is -0.495 e. The van der Waals surface area contributed by atoms with Crippen molar-refractivity contribution in [3.8, 4) is 11.5 Å². The van der Waals surface area contributed by atoms with Crippen LogP contribution in [0.25, 0.3) is 10.8 Å². The SMILES string of the molecule is CC[C@@H](Oc1ccc2ccccc2c1)C(=O)Nc1ccc(OC)c(Cl)c1. The number of fused-ring (bicyclic) bond motifs is 1. The molecule has 3 aromatic carbocycles. The summed E-state index contributed by atoms with van der Waals surface area (Å²) in [6, 6.07) is 18.9. The molecule has 0 heterocycles. The van der Waals surface area contributed by atoms with E-state index >= 15 is 0 Å². The number of amides is 1. The van der Waals surface area contributed by atoms with E-state index in [9.17, 15) is 4.79 Å². The maximum Gasteiger partial charge on any atom is 0.265 e. The van der Waals surface area contributed by atoms with Crippen LogP contribution < -0.4 is 14.8 Å². The maximum absolute atomic E-state index is 12.6. The number of hydrogen-bond donors (Lipinski definition) is 1. The van der Waals surface area contributed by atoms with Crippen LogP contribution in [0, 0.1) is 0 Å². The van der Waals surface area contributed by atoms with Crippen LogP contribution in [0.1, 0.15) is 13.3 Å². The molecule has 0 saturated heterocycles. The normalized spacial score (nSPS) is 11.8. The number of anilines is 1. The minimum absolute atomic E-state index is 0.220. The van der Waals surface area contributed by atoms with E-state index in [1.54, 1.807) is 25.3 Å². The van der Waals surface area contributed by atoms with Crippen LogP contribution in [0.4, 0.5) is 5.69 Å². The molecule has 0 aliphatic rings. The van der Waals surface area contributed by atoms with Crippen LogP contribution in [0.2, 0.25) is 5.02 Å². The van der Waals surface area contributed by atoms with Gasteiger partial charge >= 0.3 is 0 Å². The van der Waals surface area contributed by atoms with Crippen molar-refractivity contribution in [2.75, 3.05) is 12.4 Å². The van der Waals surface area contributed by atoms with Crippen LogP contribution in [0.5, 0.6) is 11.5 Å². The lowest BCUT2D eigenvalue weighted by Crippen LogP contribution is -2.32. The highest BCUT2D eigenvalue weighted by atomic mass is 35.5. The number of benzene rings is 3.